The molecule has 16 heavy (non-hydrogen) atoms. The van der Waals surface area contributed by atoms with Gasteiger partial charge in [0.2, 0.25) is 5.91 Å². The van der Waals surface area contributed by atoms with Crippen molar-refractivity contribution in [3.05, 3.63) is 0 Å². The third-order valence-electron chi connectivity index (χ3n) is 3.00. The molecule has 0 bridgehead atoms. The molecule has 2 unspecified atom stereocenters. The molecule has 0 aliphatic carbocycles. The third-order valence-corrected chi connectivity index (χ3v) is 3.00. The van der Waals surface area contributed by atoms with Crippen molar-refractivity contribution in [2.24, 2.45) is 11.7 Å². The maximum Gasteiger partial charge on any atom is 0.240 e. The van der Waals surface area contributed by atoms with E-state index in [1.165, 1.54) is 0 Å². The van der Waals surface area contributed by atoms with Crippen molar-refractivity contribution in [3.8, 4) is 0 Å². The van der Waals surface area contributed by atoms with Crippen molar-refractivity contribution in [3.63, 3.8) is 0 Å². The van der Waals surface area contributed by atoms with Crippen LogP contribution in [-0.2, 0) is 9.53 Å². The lowest BCUT2D eigenvalue weighted by atomic mass is 10.0. The van der Waals surface area contributed by atoms with Crippen LogP contribution in [0.5, 0.6) is 0 Å². The third kappa shape index (κ3) is 2.93. The van der Waals surface area contributed by atoms with Gasteiger partial charge in [-0.05, 0) is 12.8 Å². The SMILES string of the molecule is CC(C)[C@H](N)C(=O)N1CC(CO)OCC1C. The molecule has 0 spiro atoms. The maximum absolute atomic E-state index is 12.1. The largest absolute Gasteiger partial charge is 0.394 e. The predicted molar refractivity (Wildman–Crippen MR) is 60.8 cm³/mol. The standard InChI is InChI=1S/C11H22N2O3/c1-7(2)10(12)11(15)13-4-9(5-14)16-6-8(13)3/h7-10,14H,4-6,12H2,1-3H3/t8?,9?,10-/m0/s1. The molecule has 1 amide bonds. The molecule has 5 nitrogen and oxygen atoms in total. The van der Waals surface area contributed by atoms with E-state index in [1.54, 1.807) is 4.90 Å². The van der Waals surface area contributed by atoms with Gasteiger partial charge in [0.1, 0.15) is 0 Å². The van der Waals surface area contributed by atoms with Gasteiger partial charge >= 0.3 is 0 Å². The minimum atomic E-state index is -0.472. The molecular weight excluding hydrogens is 208 g/mol. The number of nitrogens with two attached hydrogens (primary N) is 1. The number of aliphatic hydroxyl groups excluding tert-OH is 1. The second kappa shape index (κ2) is 5.61. The van der Waals surface area contributed by atoms with Crippen LogP contribution >= 0.6 is 0 Å². The second-order valence-corrected chi connectivity index (χ2v) is 4.75. The molecule has 1 aliphatic heterocycles. The highest BCUT2D eigenvalue weighted by molar-refractivity contribution is 5.82. The van der Waals surface area contributed by atoms with E-state index in [4.69, 9.17) is 15.6 Å². The highest BCUT2D eigenvalue weighted by Gasteiger charge is 2.32. The van der Waals surface area contributed by atoms with Crippen molar-refractivity contribution in [1.82, 2.24) is 4.90 Å². The lowest BCUT2D eigenvalue weighted by Crippen LogP contribution is -2.57. The molecule has 3 N–H and O–H groups in total. The molecule has 3 atom stereocenters. The molecule has 1 rings (SSSR count). The molecule has 0 aromatic rings. The summed E-state index contributed by atoms with van der Waals surface area (Å²) in [6.07, 6.45) is -0.278. The summed E-state index contributed by atoms with van der Waals surface area (Å²) in [5.41, 5.74) is 5.85. The van der Waals surface area contributed by atoms with Crippen molar-refractivity contribution in [2.45, 2.75) is 39.0 Å². The van der Waals surface area contributed by atoms with Gasteiger partial charge < -0.3 is 20.5 Å². The van der Waals surface area contributed by atoms with Gasteiger partial charge in [-0.25, -0.2) is 0 Å². The summed E-state index contributed by atoms with van der Waals surface area (Å²) >= 11 is 0. The summed E-state index contributed by atoms with van der Waals surface area (Å²) < 4.78 is 5.38. The number of ether oxygens (including phenoxy) is 1. The van der Waals surface area contributed by atoms with Crippen LogP contribution in [0.3, 0.4) is 0 Å². The second-order valence-electron chi connectivity index (χ2n) is 4.75. The molecule has 0 saturated carbocycles. The average molecular weight is 230 g/mol. The van der Waals surface area contributed by atoms with E-state index >= 15 is 0 Å². The van der Waals surface area contributed by atoms with Crippen LogP contribution in [0, 0.1) is 5.92 Å². The normalized spacial score (nSPS) is 28.2. The Labute approximate surface area is 96.6 Å². The van der Waals surface area contributed by atoms with E-state index in [1.807, 2.05) is 20.8 Å². The van der Waals surface area contributed by atoms with Gasteiger partial charge in [0.15, 0.2) is 0 Å². The minimum absolute atomic E-state index is 0.0279. The van der Waals surface area contributed by atoms with Gasteiger partial charge in [0, 0.05) is 6.54 Å². The smallest absolute Gasteiger partial charge is 0.240 e. The molecule has 1 saturated heterocycles. The van der Waals surface area contributed by atoms with Crippen LogP contribution in [-0.4, -0.2) is 53.9 Å². The molecule has 0 aromatic heterocycles. The first-order chi connectivity index (χ1) is 7.47. The monoisotopic (exact) mass is 230 g/mol. The summed E-state index contributed by atoms with van der Waals surface area (Å²) in [7, 11) is 0. The lowest BCUT2D eigenvalue weighted by molar-refractivity contribution is -0.148. The molecular formula is C11H22N2O3. The Bertz CT molecular complexity index is 245. The van der Waals surface area contributed by atoms with E-state index in [-0.39, 0.29) is 30.6 Å². The van der Waals surface area contributed by atoms with Gasteiger partial charge in [0.05, 0.1) is 31.4 Å². The Morgan fingerprint density at radius 3 is 2.75 bits per heavy atom. The zero-order valence-corrected chi connectivity index (χ0v) is 10.2. The number of amides is 1. The zero-order chi connectivity index (χ0) is 12.3. The fourth-order valence-corrected chi connectivity index (χ4v) is 1.71. The summed E-state index contributed by atoms with van der Waals surface area (Å²) in [6, 6.07) is -0.444. The molecule has 0 radical (unpaired) electrons. The fourth-order valence-electron chi connectivity index (χ4n) is 1.71. The van der Waals surface area contributed by atoms with Crippen LogP contribution in [0.1, 0.15) is 20.8 Å². The lowest BCUT2D eigenvalue weighted by Gasteiger charge is -2.39. The first-order valence-corrected chi connectivity index (χ1v) is 5.75. The number of carbonyl (C=O) groups excluding carboxylic acids is 1. The number of carbonyl (C=O) groups is 1. The van der Waals surface area contributed by atoms with Crippen LogP contribution < -0.4 is 5.73 Å². The number of hydrogen-bond donors (Lipinski definition) is 2. The van der Waals surface area contributed by atoms with Crippen molar-refractivity contribution in [2.75, 3.05) is 19.8 Å². The van der Waals surface area contributed by atoms with Crippen LogP contribution in [0.4, 0.5) is 0 Å². The Kier molecular flexibility index (Phi) is 4.70. The predicted octanol–water partition coefficient (Wildman–Crippen LogP) is -0.422. The summed E-state index contributed by atoms with van der Waals surface area (Å²) in [4.78, 5) is 13.8. The quantitative estimate of drug-likeness (QED) is 0.690. The fraction of sp³-hybridized carbons (Fsp3) is 0.909. The number of rotatable bonds is 3. The summed E-state index contributed by atoms with van der Waals surface area (Å²) in [5.74, 6) is 0.0689. The van der Waals surface area contributed by atoms with Gasteiger partial charge in [-0.15, -0.1) is 0 Å². The Balaban J connectivity index is 2.65. The minimum Gasteiger partial charge on any atom is -0.394 e. The first-order valence-electron chi connectivity index (χ1n) is 5.75. The summed E-state index contributed by atoms with van der Waals surface area (Å²) in [5, 5.41) is 9.03. The number of hydrogen-bond acceptors (Lipinski definition) is 4. The van der Waals surface area contributed by atoms with Crippen LogP contribution in [0.2, 0.25) is 0 Å². The van der Waals surface area contributed by atoms with E-state index in [9.17, 15) is 4.79 Å². The maximum atomic E-state index is 12.1. The molecule has 1 heterocycles. The first kappa shape index (κ1) is 13.4. The van der Waals surface area contributed by atoms with Crippen LogP contribution in [0.25, 0.3) is 0 Å². The molecule has 1 fully saturated rings. The zero-order valence-electron chi connectivity index (χ0n) is 10.2. The van der Waals surface area contributed by atoms with E-state index < -0.39 is 6.04 Å². The number of aliphatic hydroxyl groups is 1. The van der Waals surface area contributed by atoms with Gasteiger partial charge in [-0.1, -0.05) is 13.8 Å². The van der Waals surface area contributed by atoms with Crippen LogP contribution in [0.15, 0.2) is 0 Å². The molecule has 0 aromatic carbocycles. The highest BCUT2D eigenvalue weighted by Crippen LogP contribution is 2.14. The van der Waals surface area contributed by atoms with Gasteiger partial charge in [0.25, 0.3) is 0 Å². The van der Waals surface area contributed by atoms with Crippen molar-refractivity contribution >= 4 is 5.91 Å². The molecule has 5 heteroatoms. The van der Waals surface area contributed by atoms with E-state index in [2.05, 4.69) is 0 Å². The van der Waals surface area contributed by atoms with E-state index in [0.29, 0.717) is 13.2 Å². The number of nitrogens with zero attached hydrogens (tertiary/aromatic N) is 1. The van der Waals surface area contributed by atoms with Crippen molar-refractivity contribution in [1.29, 1.82) is 0 Å². The average Bonchev–Trinajstić information content (AvgIpc) is 2.27. The Morgan fingerprint density at radius 2 is 2.25 bits per heavy atom. The molecule has 94 valence electrons. The summed E-state index contributed by atoms with van der Waals surface area (Å²) in [6.45, 7) is 6.61. The highest BCUT2D eigenvalue weighted by atomic mass is 16.5. The van der Waals surface area contributed by atoms with E-state index in [0.717, 1.165) is 0 Å². The van der Waals surface area contributed by atoms with Gasteiger partial charge in [-0.3, -0.25) is 4.79 Å². The topological polar surface area (TPSA) is 75.8 Å². The number of morpholine rings is 1. The van der Waals surface area contributed by atoms with Gasteiger partial charge in [-0.2, -0.15) is 0 Å². The van der Waals surface area contributed by atoms with Crippen molar-refractivity contribution < 1.29 is 14.6 Å². The molecule has 1 aliphatic rings. The Hall–Kier alpha value is -0.650. The Morgan fingerprint density at radius 1 is 1.62 bits per heavy atom.